The van der Waals surface area contributed by atoms with E-state index in [-0.39, 0.29) is 29.9 Å². The van der Waals surface area contributed by atoms with Crippen molar-refractivity contribution in [3.8, 4) is 11.1 Å². The number of carboxylic acids is 1. The summed E-state index contributed by atoms with van der Waals surface area (Å²) in [7, 11) is 0. The van der Waals surface area contributed by atoms with Crippen molar-refractivity contribution in [2.75, 3.05) is 19.6 Å². The molecule has 0 radical (unpaired) electrons. The molecule has 1 amide bonds. The normalized spacial score (nSPS) is 22.6. The highest BCUT2D eigenvalue weighted by Gasteiger charge is 2.32. The molecule has 6 nitrogen and oxygen atoms in total. The quantitative estimate of drug-likeness (QED) is 0.590. The fourth-order valence-corrected chi connectivity index (χ4v) is 4.98. The lowest BCUT2D eigenvalue weighted by atomic mass is 9.85. The van der Waals surface area contributed by atoms with Crippen molar-refractivity contribution in [1.29, 1.82) is 0 Å². The van der Waals surface area contributed by atoms with Crippen LogP contribution in [0.5, 0.6) is 0 Å². The summed E-state index contributed by atoms with van der Waals surface area (Å²) in [5.41, 5.74) is 2.33. The molecule has 2 N–H and O–H groups in total. The van der Waals surface area contributed by atoms with E-state index in [4.69, 9.17) is 4.42 Å². The van der Waals surface area contributed by atoms with Gasteiger partial charge < -0.3 is 19.7 Å². The zero-order chi connectivity index (χ0) is 21.4. The predicted molar refractivity (Wildman–Crippen MR) is 126 cm³/mol. The third kappa shape index (κ3) is 4.38. The van der Waals surface area contributed by atoms with Gasteiger partial charge in [0.2, 0.25) is 0 Å². The molecule has 3 aliphatic rings. The topological polar surface area (TPSA) is 82.8 Å². The molecule has 3 saturated heterocycles. The number of nitrogens with zero attached hydrogens (tertiary/aromatic N) is 1. The van der Waals surface area contributed by atoms with E-state index in [1.54, 1.807) is 24.3 Å². The van der Waals surface area contributed by atoms with E-state index in [2.05, 4.69) is 10.2 Å². The number of aromatic carboxylic acids is 1. The van der Waals surface area contributed by atoms with Crippen LogP contribution in [-0.4, -0.2) is 47.6 Å². The molecule has 3 aliphatic heterocycles. The lowest BCUT2D eigenvalue weighted by Gasteiger charge is -2.41. The zero-order valence-corrected chi connectivity index (χ0v) is 18.6. The van der Waals surface area contributed by atoms with Gasteiger partial charge >= 0.3 is 5.97 Å². The van der Waals surface area contributed by atoms with Crippen LogP contribution in [0.4, 0.5) is 0 Å². The van der Waals surface area contributed by atoms with Crippen LogP contribution in [0, 0.1) is 5.92 Å². The first kappa shape index (κ1) is 22.4. The standard InChI is InChI=1S/C25H26N2O4.ClH/c28-24(26-21-15-27-11-2-1-5-16(21)10-12-27)22-14-18-7-4-9-20(23(18)31-22)17-6-3-8-19(13-17)25(29)30;/h3-4,6-9,13-14,16,21H,1-2,5,10-12,15H2,(H,26,28)(H,29,30);1H/t16?,21-;/m1./s1. The van der Waals surface area contributed by atoms with Gasteiger partial charge in [0.25, 0.3) is 5.91 Å². The number of piperidine rings is 1. The number of carboxylic acid groups (broad SMARTS) is 1. The maximum atomic E-state index is 13.0. The molecule has 32 heavy (non-hydrogen) atoms. The predicted octanol–water partition coefficient (Wildman–Crippen LogP) is 4.82. The van der Waals surface area contributed by atoms with Gasteiger partial charge in [0.15, 0.2) is 5.76 Å². The summed E-state index contributed by atoms with van der Waals surface area (Å²) in [5.74, 6) is -0.333. The first-order valence-electron chi connectivity index (χ1n) is 11.0. The Kier molecular flexibility index (Phi) is 6.53. The lowest BCUT2D eigenvalue weighted by molar-refractivity contribution is 0.0696. The Morgan fingerprint density at radius 1 is 1.03 bits per heavy atom. The summed E-state index contributed by atoms with van der Waals surface area (Å²) in [6.07, 6.45) is 4.77. The summed E-state index contributed by atoms with van der Waals surface area (Å²) < 4.78 is 6.02. The van der Waals surface area contributed by atoms with Crippen LogP contribution in [0.3, 0.4) is 0 Å². The van der Waals surface area contributed by atoms with Crippen molar-refractivity contribution in [3.63, 3.8) is 0 Å². The number of amides is 1. The summed E-state index contributed by atoms with van der Waals surface area (Å²) >= 11 is 0. The number of halogens is 1. The van der Waals surface area contributed by atoms with Gasteiger partial charge in [-0.1, -0.05) is 36.8 Å². The Balaban J connectivity index is 0.00000245. The molecule has 168 valence electrons. The van der Waals surface area contributed by atoms with E-state index in [0.29, 0.717) is 17.3 Å². The Morgan fingerprint density at radius 3 is 2.72 bits per heavy atom. The van der Waals surface area contributed by atoms with Crippen molar-refractivity contribution in [3.05, 3.63) is 59.9 Å². The van der Waals surface area contributed by atoms with Gasteiger partial charge in [0.05, 0.1) is 5.56 Å². The van der Waals surface area contributed by atoms with Crippen molar-refractivity contribution >= 4 is 35.3 Å². The molecule has 6 rings (SSSR count). The molecule has 0 saturated carbocycles. The molecular formula is C25H27ClN2O4. The zero-order valence-electron chi connectivity index (χ0n) is 17.8. The van der Waals surface area contributed by atoms with Crippen molar-refractivity contribution in [2.24, 2.45) is 5.92 Å². The van der Waals surface area contributed by atoms with E-state index in [0.717, 1.165) is 42.6 Å². The highest BCUT2D eigenvalue weighted by atomic mass is 35.5. The number of hydrogen-bond acceptors (Lipinski definition) is 4. The summed E-state index contributed by atoms with van der Waals surface area (Å²) in [6, 6.07) is 14.4. The summed E-state index contributed by atoms with van der Waals surface area (Å²) in [6.45, 7) is 3.15. The fourth-order valence-electron chi connectivity index (χ4n) is 4.98. The van der Waals surface area contributed by atoms with Gasteiger partial charge in [0.1, 0.15) is 5.58 Å². The molecule has 0 aliphatic carbocycles. The highest BCUT2D eigenvalue weighted by Crippen LogP contribution is 2.32. The maximum absolute atomic E-state index is 13.0. The third-order valence-corrected chi connectivity index (χ3v) is 6.64. The Hall–Kier alpha value is -2.83. The van der Waals surface area contributed by atoms with Crippen LogP contribution < -0.4 is 5.32 Å². The molecule has 3 aromatic rings. The van der Waals surface area contributed by atoms with Gasteiger partial charge in [-0.15, -0.1) is 12.4 Å². The number of carbonyl (C=O) groups excluding carboxylic acids is 1. The summed E-state index contributed by atoms with van der Waals surface area (Å²) in [4.78, 5) is 26.8. The van der Waals surface area contributed by atoms with Gasteiger partial charge in [0, 0.05) is 23.5 Å². The first-order chi connectivity index (χ1) is 15.1. The average molecular weight is 455 g/mol. The Bertz CT molecular complexity index is 1140. The van der Waals surface area contributed by atoms with Crippen molar-refractivity contribution in [1.82, 2.24) is 10.2 Å². The van der Waals surface area contributed by atoms with Gasteiger partial charge in [-0.3, -0.25) is 4.79 Å². The molecule has 0 spiro atoms. The molecule has 2 unspecified atom stereocenters. The average Bonchev–Trinajstić information content (AvgIpc) is 3.19. The first-order valence-corrected chi connectivity index (χ1v) is 11.0. The van der Waals surface area contributed by atoms with Crippen LogP contribution in [0.25, 0.3) is 22.1 Å². The van der Waals surface area contributed by atoms with E-state index in [1.165, 1.54) is 19.3 Å². The van der Waals surface area contributed by atoms with Crippen molar-refractivity contribution < 1.29 is 19.1 Å². The molecule has 3 atom stereocenters. The molecule has 3 fully saturated rings. The maximum Gasteiger partial charge on any atom is 0.335 e. The Morgan fingerprint density at radius 2 is 1.88 bits per heavy atom. The second-order valence-electron chi connectivity index (χ2n) is 8.65. The van der Waals surface area contributed by atoms with E-state index in [1.807, 2.05) is 24.3 Å². The number of hydrogen-bond donors (Lipinski definition) is 2. The third-order valence-electron chi connectivity index (χ3n) is 6.64. The second kappa shape index (κ2) is 9.35. The SMILES string of the molecule is Cl.O=C(O)c1cccc(-c2cccc3cc(C(=O)N[C@@H]4CN5CCCCC4CC5)oc23)c1. The van der Waals surface area contributed by atoms with E-state index >= 15 is 0 Å². The smallest absolute Gasteiger partial charge is 0.335 e. The lowest BCUT2D eigenvalue weighted by Crippen LogP contribution is -2.53. The number of benzene rings is 2. The monoisotopic (exact) mass is 454 g/mol. The number of fused-ring (bicyclic) bond motifs is 6. The van der Waals surface area contributed by atoms with E-state index in [9.17, 15) is 14.7 Å². The largest absolute Gasteiger partial charge is 0.478 e. The van der Waals surface area contributed by atoms with Crippen LogP contribution in [0.15, 0.2) is 52.9 Å². The van der Waals surface area contributed by atoms with Crippen LogP contribution in [0.2, 0.25) is 0 Å². The van der Waals surface area contributed by atoms with Crippen molar-refractivity contribution in [2.45, 2.75) is 31.7 Å². The number of furan rings is 1. The van der Waals surface area contributed by atoms with Crippen LogP contribution in [-0.2, 0) is 0 Å². The van der Waals surface area contributed by atoms with Gasteiger partial charge in [-0.25, -0.2) is 4.79 Å². The number of para-hydroxylation sites is 1. The number of nitrogens with one attached hydrogen (secondary N) is 1. The van der Waals surface area contributed by atoms with E-state index < -0.39 is 5.97 Å². The minimum Gasteiger partial charge on any atom is -0.478 e. The number of carbonyl (C=O) groups is 2. The molecule has 1 aromatic heterocycles. The fraction of sp³-hybridized carbons (Fsp3) is 0.360. The summed E-state index contributed by atoms with van der Waals surface area (Å²) in [5, 5.41) is 13.4. The minimum absolute atomic E-state index is 0. The molecular weight excluding hydrogens is 428 g/mol. The van der Waals surface area contributed by atoms with Gasteiger partial charge in [-0.2, -0.15) is 0 Å². The second-order valence-corrected chi connectivity index (χ2v) is 8.65. The highest BCUT2D eigenvalue weighted by molar-refractivity contribution is 6.00. The molecule has 2 aromatic carbocycles. The van der Waals surface area contributed by atoms with Crippen LogP contribution in [0.1, 0.15) is 46.6 Å². The minimum atomic E-state index is -0.974. The van der Waals surface area contributed by atoms with Gasteiger partial charge in [-0.05, 0) is 62.0 Å². The van der Waals surface area contributed by atoms with Crippen LogP contribution >= 0.6 is 12.4 Å². The number of rotatable bonds is 4. The molecule has 7 heteroatoms. The Labute approximate surface area is 193 Å². The molecule has 2 bridgehead atoms. The molecule has 4 heterocycles.